The predicted octanol–water partition coefficient (Wildman–Crippen LogP) is 2.34. The molecule has 2 N–H and O–H groups in total. The van der Waals surface area contributed by atoms with Crippen molar-refractivity contribution in [2.45, 2.75) is 51.3 Å². The van der Waals surface area contributed by atoms with E-state index < -0.39 is 18.2 Å². The molecule has 30 heavy (non-hydrogen) atoms. The summed E-state index contributed by atoms with van der Waals surface area (Å²) in [5.41, 5.74) is 3.08. The van der Waals surface area contributed by atoms with Crippen molar-refractivity contribution in [1.29, 1.82) is 0 Å². The normalized spacial score (nSPS) is 18.0. The number of benzene rings is 2. The van der Waals surface area contributed by atoms with Crippen LogP contribution in [0.1, 0.15) is 32.3 Å². The number of hydrogen-bond donors (Lipinski definition) is 2. The summed E-state index contributed by atoms with van der Waals surface area (Å²) in [6, 6.07) is 16.3. The van der Waals surface area contributed by atoms with Gasteiger partial charge in [-0.25, -0.2) is 0 Å². The molecule has 0 aromatic heterocycles. The molecule has 0 unspecified atom stereocenters. The number of amides is 2. The van der Waals surface area contributed by atoms with Crippen LogP contribution in [0.3, 0.4) is 0 Å². The van der Waals surface area contributed by atoms with Gasteiger partial charge in [-0.15, -0.1) is 0 Å². The predicted molar refractivity (Wildman–Crippen MR) is 115 cm³/mol. The van der Waals surface area contributed by atoms with E-state index in [0.29, 0.717) is 13.0 Å². The molecule has 0 saturated carbocycles. The fourth-order valence-corrected chi connectivity index (χ4v) is 3.87. The summed E-state index contributed by atoms with van der Waals surface area (Å²) in [6.45, 7) is 3.30. The van der Waals surface area contributed by atoms with Gasteiger partial charge in [0, 0.05) is 6.54 Å². The fourth-order valence-electron chi connectivity index (χ4n) is 3.87. The minimum atomic E-state index is -0.986. The van der Waals surface area contributed by atoms with Crippen LogP contribution in [0, 0.1) is 0 Å². The lowest BCUT2D eigenvalue weighted by Gasteiger charge is -2.27. The van der Waals surface area contributed by atoms with Crippen molar-refractivity contribution in [3.05, 3.63) is 60.2 Å². The summed E-state index contributed by atoms with van der Waals surface area (Å²) in [6.07, 6.45) is 0.511. The van der Waals surface area contributed by atoms with Gasteiger partial charge in [0.2, 0.25) is 11.8 Å². The van der Waals surface area contributed by atoms with Gasteiger partial charge >= 0.3 is 0 Å². The number of nitrogens with zero attached hydrogens (tertiary/aromatic N) is 1. The molecule has 0 radical (unpaired) electrons. The molecule has 1 aliphatic rings. The summed E-state index contributed by atoms with van der Waals surface area (Å²) < 4.78 is 0. The molecule has 158 valence electrons. The average molecular weight is 408 g/mol. The molecule has 2 aromatic carbocycles. The Balaban J connectivity index is 1.64. The third kappa shape index (κ3) is 5.13. The van der Waals surface area contributed by atoms with Crippen LogP contribution in [-0.2, 0) is 20.8 Å². The van der Waals surface area contributed by atoms with Crippen LogP contribution >= 0.6 is 0 Å². The second-order valence-corrected chi connectivity index (χ2v) is 7.82. The minimum Gasteiger partial charge on any atom is -0.391 e. The third-order valence-corrected chi connectivity index (χ3v) is 5.51. The van der Waals surface area contributed by atoms with Crippen molar-refractivity contribution in [3.63, 3.8) is 0 Å². The number of nitrogens with one attached hydrogen (secondary N) is 1. The quantitative estimate of drug-likeness (QED) is 0.736. The summed E-state index contributed by atoms with van der Waals surface area (Å²) in [5.74, 6) is -0.814. The maximum absolute atomic E-state index is 12.9. The second-order valence-electron chi connectivity index (χ2n) is 7.82. The summed E-state index contributed by atoms with van der Waals surface area (Å²) in [7, 11) is 0. The lowest BCUT2D eigenvalue weighted by molar-refractivity contribution is -0.139. The smallest absolute Gasteiger partial charge is 0.243 e. The SMILES string of the molecule is CC(=O)[C@@H](NC(=O)[C@@H]1CCCN1C(=O)Cc1ccc(-c2ccccc2)cc1)[C@@H](C)O. The number of aliphatic hydroxyl groups excluding tert-OH is 1. The van der Waals surface area contributed by atoms with E-state index in [9.17, 15) is 19.5 Å². The van der Waals surface area contributed by atoms with Crippen molar-refractivity contribution in [3.8, 4) is 11.1 Å². The first-order valence-corrected chi connectivity index (χ1v) is 10.3. The molecule has 3 atom stereocenters. The van der Waals surface area contributed by atoms with Gasteiger partial charge in [0.1, 0.15) is 12.1 Å². The molecule has 0 aliphatic carbocycles. The van der Waals surface area contributed by atoms with Crippen molar-refractivity contribution in [2.24, 2.45) is 0 Å². The van der Waals surface area contributed by atoms with Crippen LogP contribution in [0.25, 0.3) is 11.1 Å². The van der Waals surface area contributed by atoms with Crippen LogP contribution in [-0.4, -0.2) is 52.3 Å². The van der Waals surface area contributed by atoms with Crippen molar-refractivity contribution >= 4 is 17.6 Å². The zero-order valence-electron chi connectivity index (χ0n) is 17.4. The molecule has 1 saturated heterocycles. The Bertz CT molecular complexity index is 893. The van der Waals surface area contributed by atoms with Crippen molar-refractivity contribution < 1.29 is 19.5 Å². The van der Waals surface area contributed by atoms with Crippen molar-refractivity contribution in [2.75, 3.05) is 6.54 Å². The molecular weight excluding hydrogens is 380 g/mol. The van der Waals surface area contributed by atoms with Crippen LogP contribution in [0.5, 0.6) is 0 Å². The summed E-state index contributed by atoms with van der Waals surface area (Å²) in [4.78, 5) is 38.8. The minimum absolute atomic E-state index is 0.114. The van der Waals surface area contributed by atoms with E-state index in [0.717, 1.165) is 23.1 Å². The maximum Gasteiger partial charge on any atom is 0.243 e. The molecule has 1 heterocycles. The van der Waals surface area contributed by atoms with E-state index in [1.807, 2.05) is 54.6 Å². The van der Waals surface area contributed by atoms with Gasteiger partial charge < -0.3 is 15.3 Å². The highest BCUT2D eigenvalue weighted by Gasteiger charge is 2.36. The van der Waals surface area contributed by atoms with E-state index in [1.165, 1.54) is 13.8 Å². The van der Waals surface area contributed by atoms with Gasteiger partial charge in [0.25, 0.3) is 0 Å². The topological polar surface area (TPSA) is 86.7 Å². The molecule has 0 bridgehead atoms. The molecular formula is C24H28N2O4. The number of aliphatic hydroxyl groups is 1. The Hall–Kier alpha value is -2.99. The van der Waals surface area contributed by atoms with Crippen molar-refractivity contribution in [1.82, 2.24) is 10.2 Å². The number of likely N-dealkylation sites (tertiary alicyclic amines) is 1. The summed E-state index contributed by atoms with van der Waals surface area (Å²) in [5, 5.41) is 12.3. The third-order valence-electron chi connectivity index (χ3n) is 5.51. The molecule has 2 amide bonds. The fraction of sp³-hybridized carbons (Fsp3) is 0.375. The lowest BCUT2D eigenvalue weighted by atomic mass is 10.0. The van der Waals surface area contributed by atoms with Gasteiger partial charge in [-0.05, 0) is 43.4 Å². The van der Waals surface area contributed by atoms with Gasteiger partial charge in [-0.2, -0.15) is 0 Å². The van der Waals surface area contributed by atoms with Crippen LogP contribution in [0.2, 0.25) is 0 Å². The average Bonchev–Trinajstić information content (AvgIpc) is 3.23. The van der Waals surface area contributed by atoms with E-state index in [-0.39, 0.29) is 24.0 Å². The number of carbonyl (C=O) groups excluding carboxylic acids is 3. The zero-order valence-corrected chi connectivity index (χ0v) is 17.4. The molecule has 0 spiro atoms. The summed E-state index contributed by atoms with van der Waals surface area (Å²) >= 11 is 0. The first kappa shape index (κ1) is 21.7. The highest BCUT2D eigenvalue weighted by atomic mass is 16.3. The van der Waals surface area contributed by atoms with E-state index in [2.05, 4.69) is 5.32 Å². The largest absolute Gasteiger partial charge is 0.391 e. The maximum atomic E-state index is 12.9. The molecule has 2 aromatic rings. The molecule has 1 aliphatic heterocycles. The molecule has 3 rings (SSSR count). The Kier molecular flexibility index (Phi) is 7.00. The zero-order chi connectivity index (χ0) is 21.7. The molecule has 6 nitrogen and oxygen atoms in total. The number of Topliss-reactive ketones (excluding diaryl/α,β-unsaturated/α-hetero) is 1. The number of hydrogen-bond acceptors (Lipinski definition) is 4. The Morgan fingerprint density at radius 3 is 2.30 bits per heavy atom. The monoisotopic (exact) mass is 408 g/mol. The first-order chi connectivity index (χ1) is 14.4. The first-order valence-electron chi connectivity index (χ1n) is 10.3. The number of rotatable bonds is 7. The Morgan fingerprint density at radius 2 is 1.70 bits per heavy atom. The molecule has 6 heteroatoms. The van der Waals surface area contributed by atoms with E-state index in [4.69, 9.17) is 0 Å². The standard InChI is InChI=1S/C24H28N2O4/c1-16(27)23(17(2)28)25-24(30)21-9-6-14-26(21)22(29)15-18-10-12-20(13-11-18)19-7-4-3-5-8-19/h3-5,7-8,10-13,16,21,23,27H,6,9,14-15H2,1-2H3,(H,25,30)/t16-,21+,23+/m1/s1. The highest BCUT2D eigenvalue weighted by molar-refractivity contribution is 5.93. The Labute approximate surface area is 176 Å². The number of ketones is 1. The second kappa shape index (κ2) is 9.67. The molecule has 1 fully saturated rings. The van der Waals surface area contributed by atoms with E-state index in [1.54, 1.807) is 4.90 Å². The van der Waals surface area contributed by atoms with Gasteiger partial charge in [0.15, 0.2) is 5.78 Å². The van der Waals surface area contributed by atoms with Crippen LogP contribution < -0.4 is 5.32 Å². The van der Waals surface area contributed by atoms with Gasteiger partial charge in [0.05, 0.1) is 12.5 Å². The van der Waals surface area contributed by atoms with Crippen LogP contribution in [0.15, 0.2) is 54.6 Å². The number of carbonyl (C=O) groups is 3. The van der Waals surface area contributed by atoms with Crippen LogP contribution in [0.4, 0.5) is 0 Å². The highest BCUT2D eigenvalue weighted by Crippen LogP contribution is 2.22. The van der Waals surface area contributed by atoms with E-state index >= 15 is 0 Å². The lowest BCUT2D eigenvalue weighted by Crippen LogP contribution is -2.53. The Morgan fingerprint density at radius 1 is 1.07 bits per heavy atom. The van der Waals surface area contributed by atoms with Gasteiger partial charge in [-0.1, -0.05) is 54.6 Å². The van der Waals surface area contributed by atoms with Gasteiger partial charge in [-0.3, -0.25) is 14.4 Å².